The van der Waals surface area contributed by atoms with E-state index in [0.29, 0.717) is 0 Å². The van der Waals surface area contributed by atoms with Crippen molar-refractivity contribution in [2.75, 3.05) is 0 Å². The summed E-state index contributed by atoms with van der Waals surface area (Å²) < 4.78 is 4.99. The smallest absolute Gasteiger partial charge is 0.0537 e. The first kappa shape index (κ1) is 20.1. The van der Waals surface area contributed by atoms with E-state index in [2.05, 4.69) is 108 Å². The summed E-state index contributed by atoms with van der Waals surface area (Å²) in [6.07, 6.45) is 10.3. The lowest BCUT2D eigenvalue weighted by Crippen LogP contribution is -2.08. The number of nitrogens with zero attached hydrogens (tertiary/aromatic N) is 2. The zero-order chi connectivity index (χ0) is 22.4. The van der Waals surface area contributed by atoms with Gasteiger partial charge in [-0.2, -0.15) is 0 Å². The Labute approximate surface area is 195 Å². The summed E-state index contributed by atoms with van der Waals surface area (Å²) in [5, 5.41) is 2.75. The first-order valence-electron chi connectivity index (χ1n) is 12.3. The maximum absolute atomic E-state index is 2.53. The van der Waals surface area contributed by atoms with Gasteiger partial charge >= 0.3 is 0 Å². The van der Waals surface area contributed by atoms with Crippen LogP contribution in [0.25, 0.3) is 39.3 Å². The molecule has 164 valence electrons. The van der Waals surface area contributed by atoms with E-state index in [4.69, 9.17) is 0 Å². The molecule has 6 rings (SSSR count). The van der Waals surface area contributed by atoms with Crippen molar-refractivity contribution in [3.05, 3.63) is 101 Å². The fourth-order valence-electron chi connectivity index (χ4n) is 5.88. The molecule has 0 aliphatic heterocycles. The number of fused-ring (bicyclic) bond motifs is 4. The van der Waals surface area contributed by atoms with Crippen LogP contribution >= 0.6 is 0 Å². The third-order valence-corrected chi connectivity index (χ3v) is 7.21. The second kappa shape index (κ2) is 8.12. The van der Waals surface area contributed by atoms with Crippen molar-refractivity contribution >= 4 is 27.9 Å². The molecule has 0 unspecified atom stereocenters. The first-order chi connectivity index (χ1) is 16.3. The van der Waals surface area contributed by atoms with Gasteiger partial charge in [0.2, 0.25) is 0 Å². The summed E-state index contributed by atoms with van der Waals surface area (Å²) in [7, 11) is 0. The molecule has 1 aliphatic rings. The number of rotatable bonds is 4. The molecule has 3 aromatic carbocycles. The van der Waals surface area contributed by atoms with Gasteiger partial charge in [0, 0.05) is 39.1 Å². The van der Waals surface area contributed by atoms with E-state index in [1.165, 1.54) is 69.4 Å². The standard InChI is InChI=1S/C31H30N2/c1-3-12-24-25-15-5-8-18-29(25)32(28(24)4-2)22-13-11-14-23(21-22)33-30-19-9-6-16-26(30)27-17-7-10-20-31(27)33/h3,5-6,8-9,11-16,18-19,21H,4,7,10,17,20H2,1-2H3/b12-3-. The molecule has 2 heterocycles. The van der Waals surface area contributed by atoms with Crippen LogP contribution in [0.4, 0.5) is 0 Å². The Balaban J connectivity index is 1.61. The van der Waals surface area contributed by atoms with Gasteiger partial charge in [0.15, 0.2) is 0 Å². The number of allylic oxidation sites excluding steroid dienone is 1. The minimum absolute atomic E-state index is 0.987. The van der Waals surface area contributed by atoms with Crippen LogP contribution in [0.15, 0.2) is 78.9 Å². The number of hydrogen-bond acceptors (Lipinski definition) is 0. The van der Waals surface area contributed by atoms with Crippen molar-refractivity contribution in [1.82, 2.24) is 9.13 Å². The highest BCUT2D eigenvalue weighted by Gasteiger charge is 2.21. The van der Waals surface area contributed by atoms with E-state index in [1.807, 2.05) is 0 Å². The zero-order valence-electron chi connectivity index (χ0n) is 19.5. The molecule has 0 saturated heterocycles. The molecule has 0 fully saturated rings. The van der Waals surface area contributed by atoms with Crippen molar-refractivity contribution in [2.45, 2.75) is 46.0 Å². The topological polar surface area (TPSA) is 9.86 Å². The predicted octanol–water partition coefficient (Wildman–Crippen LogP) is 8.05. The Hall–Kier alpha value is -3.52. The van der Waals surface area contributed by atoms with Crippen LogP contribution in [-0.4, -0.2) is 9.13 Å². The Bertz CT molecular complexity index is 1510. The van der Waals surface area contributed by atoms with Crippen LogP contribution in [0.5, 0.6) is 0 Å². The molecule has 2 heteroatoms. The van der Waals surface area contributed by atoms with Crippen LogP contribution in [0, 0.1) is 0 Å². The number of benzene rings is 3. The molecule has 0 N–H and O–H groups in total. The summed E-state index contributed by atoms with van der Waals surface area (Å²) in [5.41, 5.74) is 10.9. The molecule has 5 aromatic rings. The van der Waals surface area contributed by atoms with Crippen molar-refractivity contribution in [3.8, 4) is 11.4 Å². The highest BCUT2D eigenvalue weighted by molar-refractivity contribution is 5.93. The van der Waals surface area contributed by atoms with E-state index in [9.17, 15) is 0 Å². The Morgan fingerprint density at radius 1 is 0.758 bits per heavy atom. The van der Waals surface area contributed by atoms with E-state index < -0.39 is 0 Å². The Kier molecular flexibility index (Phi) is 4.95. The molecule has 33 heavy (non-hydrogen) atoms. The van der Waals surface area contributed by atoms with E-state index >= 15 is 0 Å². The second-order valence-electron chi connectivity index (χ2n) is 9.07. The zero-order valence-corrected chi connectivity index (χ0v) is 19.5. The number of aromatic nitrogens is 2. The third kappa shape index (κ3) is 3.08. The maximum atomic E-state index is 2.53. The summed E-state index contributed by atoms with van der Waals surface area (Å²) >= 11 is 0. The van der Waals surface area contributed by atoms with E-state index in [-0.39, 0.29) is 0 Å². The Morgan fingerprint density at radius 3 is 2.18 bits per heavy atom. The van der Waals surface area contributed by atoms with Crippen LogP contribution < -0.4 is 0 Å². The summed E-state index contributed by atoms with van der Waals surface area (Å²) in [4.78, 5) is 0. The first-order valence-corrected chi connectivity index (χ1v) is 12.3. The molecular weight excluding hydrogens is 400 g/mol. The summed E-state index contributed by atoms with van der Waals surface area (Å²) in [6, 6.07) is 26.9. The van der Waals surface area contributed by atoms with Crippen molar-refractivity contribution < 1.29 is 0 Å². The second-order valence-corrected chi connectivity index (χ2v) is 9.07. The average Bonchev–Trinajstić information content (AvgIpc) is 3.37. The molecule has 2 aromatic heterocycles. The average molecular weight is 431 g/mol. The van der Waals surface area contributed by atoms with Gasteiger partial charge in [0.1, 0.15) is 0 Å². The van der Waals surface area contributed by atoms with Gasteiger partial charge in [0.05, 0.1) is 11.0 Å². The van der Waals surface area contributed by atoms with Crippen molar-refractivity contribution in [2.24, 2.45) is 0 Å². The monoisotopic (exact) mass is 430 g/mol. The quantitative estimate of drug-likeness (QED) is 0.273. The SMILES string of the molecule is C/C=C\c1c(CC)n(-c2cccc(-n3c4c(c5ccccc53)CCCC4)c2)c2ccccc12. The molecule has 0 bridgehead atoms. The molecule has 0 saturated carbocycles. The fraction of sp³-hybridized carbons (Fsp3) is 0.226. The highest BCUT2D eigenvalue weighted by Crippen LogP contribution is 2.36. The summed E-state index contributed by atoms with van der Waals surface area (Å²) in [5.74, 6) is 0. The van der Waals surface area contributed by atoms with Crippen LogP contribution in [0.1, 0.15) is 49.2 Å². The van der Waals surface area contributed by atoms with Gasteiger partial charge in [-0.05, 0) is 74.9 Å². The number of hydrogen-bond donors (Lipinski definition) is 0. The molecule has 0 amide bonds. The third-order valence-electron chi connectivity index (χ3n) is 7.21. The largest absolute Gasteiger partial charge is 0.313 e. The number of para-hydroxylation sites is 2. The van der Waals surface area contributed by atoms with Gasteiger partial charge in [-0.25, -0.2) is 0 Å². The number of aryl methyl sites for hydroxylation is 1. The van der Waals surface area contributed by atoms with Gasteiger partial charge in [0.25, 0.3) is 0 Å². The van der Waals surface area contributed by atoms with Crippen LogP contribution in [0.3, 0.4) is 0 Å². The fourth-order valence-corrected chi connectivity index (χ4v) is 5.88. The lowest BCUT2D eigenvalue weighted by Gasteiger charge is -2.18. The van der Waals surface area contributed by atoms with E-state index in [0.717, 1.165) is 12.8 Å². The van der Waals surface area contributed by atoms with Gasteiger partial charge in [-0.1, -0.05) is 61.5 Å². The molecule has 0 spiro atoms. The summed E-state index contributed by atoms with van der Waals surface area (Å²) in [6.45, 7) is 4.36. The normalized spacial score (nSPS) is 13.9. The lowest BCUT2D eigenvalue weighted by atomic mass is 9.95. The molecule has 1 aliphatic carbocycles. The maximum Gasteiger partial charge on any atom is 0.0537 e. The highest BCUT2D eigenvalue weighted by atomic mass is 15.0. The molecular formula is C31H30N2. The van der Waals surface area contributed by atoms with Gasteiger partial charge in [-0.3, -0.25) is 0 Å². The predicted molar refractivity (Wildman–Crippen MR) is 141 cm³/mol. The van der Waals surface area contributed by atoms with Crippen LogP contribution in [0.2, 0.25) is 0 Å². The minimum atomic E-state index is 0.987. The Morgan fingerprint density at radius 2 is 1.42 bits per heavy atom. The van der Waals surface area contributed by atoms with Crippen molar-refractivity contribution in [3.63, 3.8) is 0 Å². The van der Waals surface area contributed by atoms with Gasteiger partial charge in [-0.15, -0.1) is 0 Å². The van der Waals surface area contributed by atoms with Crippen LogP contribution in [-0.2, 0) is 19.3 Å². The van der Waals surface area contributed by atoms with Gasteiger partial charge < -0.3 is 9.13 Å². The molecule has 0 radical (unpaired) electrons. The van der Waals surface area contributed by atoms with Crippen molar-refractivity contribution in [1.29, 1.82) is 0 Å². The molecule has 2 nitrogen and oxygen atoms in total. The van der Waals surface area contributed by atoms with E-state index in [1.54, 1.807) is 5.56 Å². The minimum Gasteiger partial charge on any atom is -0.313 e. The molecule has 0 atom stereocenters. The lowest BCUT2D eigenvalue weighted by molar-refractivity contribution is 0.667.